The molecule has 1 atom stereocenters. The van der Waals surface area contributed by atoms with Crippen LogP contribution in [0.15, 0.2) is 77.7 Å². The van der Waals surface area contributed by atoms with Crippen molar-refractivity contribution in [3.8, 4) is 5.75 Å². The number of hydrogen-bond donors (Lipinski definition) is 0. The lowest BCUT2D eigenvalue weighted by Gasteiger charge is -2.09. The van der Waals surface area contributed by atoms with Crippen LogP contribution in [0, 0.1) is 6.57 Å². The second-order valence-electron chi connectivity index (χ2n) is 6.29. The fourth-order valence-corrected chi connectivity index (χ4v) is 3.20. The highest BCUT2D eigenvalue weighted by molar-refractivity contribution is 7.84. The number of ether oxygens (including phenoxy) is 1. The number of nitrogens with zero attached hydrogens (tertiary/aromatic N) is 1. The zero-order valence-corrected chi connectivity index (χ0v) is 16.2. The Kier molecular flexibility index (Phi) is 6.36. The highest BCUT2D eigenvalue weighted by Gasteiger charge is 2.09. The quantitative estimate of drug-likeness (QED) is 0.423. The number of benzene rings is 3. The Morgan fingerprint density at radius 2 is 1.68 bits per heavy atom. The van der Waals surface area contributed by atoms with Crippen molar-refractivity contribution < 1.29 is 13.7 Å². The van der Waals surface area contributed by atoms with Crippen LogP contribution in [0.2, 0.25) is 0 Å². The Balaban J connectivity index is 1.63. The Labute approximate surface area is 167 Å². The van der Waals surface area contributed by atoms with Crippen molar-refractivity contribution in [1.82, 2.24) is 0 Å². The molecular weight excluding hydrogens is 370 g/mol. The van der Waals surface area contributed by atoms with Gasteiger partial charge in [-0.15, -0.1) is 0 Å². The predicted octanol–water partition coefficient (Wildman–Crippen LogP) is 4.98. The van der Waals surface area contributed by atoms with Gasteiger partial charge in [0.2, 0.25) is 0 Å². The molecule has 3 aromatic carbocycles. The molecule has 3 aromatic rings. The molecule has 0 fully saturated rings. The van der Waals surface area contributed by atoms with Crippen LogP contribution in [0.1, 0.15) is 21.5 Å². The van der Waals surface area contributed by atoms with Crippen LogP contribution in [-0.4, -0.2) is 16.2 Å². The standard InChI is InChI=1S/C23H19NO3S/c1-24-20-10-6-17(7-11-20)14-23(25)19-4-3-5-21(15-19)27-16-18-8-12-22(13-9-18)28(2)26/h3-13,15H,14,16H2,2H3. The summed E-state index contributed by atoms with van der Waals surface area (Å²) in [6.45, 7) is 7.34. The van der Waals surface area contributed by atoms with Gasteiger partial charge >= 0.3 is 0 Å². The van der Waals surface area contributed by atoms with Crippen molar-refractivity contribution in [2.45, 2.75) is 17.9 Å². The Bertz CT molecular complexity index is 1030. The van der Waals surface area contributed by atoms with E-state index in [-0.39, 0.29) is 12.2 Å². The molecule has 0 aliphatic carbocycles. The molecule has 0 saturated carbocycles. The van der Waals surface area contributed by atoms with Gasteiger partial charge in [-0.2, -0.15) is 0 Å². The van der Waals surface area contributed by atoms with Gasteiger partial charge in [-0.25, -0.2) is 4.85 Å². The van der Waals surface area contributed by atoms with Crippen LogP contribution in [0.25, 0.3) is 4.85 Å². The number of carbonyl (C=O) groups excluding carboxylic acids is 1. The molecule has 4 nitrogen and oxygen atoms in total. The Morgan fingerprint density at radius 3 is 2.32 bits per heavy atom. The van der Waals surface area contributed by atoms with Crippen molar-refractivity contribution in [2.75, 3.05) is 6.26 Å². The van der Waals surface area contributed by atoms with Gasteiger partial charge in [-0.1, -0.05) is 48.5 Å². The first-order valence-electron chi connectivity index (χ1n) is 8.70. The zero-order valence-electron chi connectivity index (χ0n) is 15.4. The maximum absolute atomic E-state index is 12.6. The van der Waals surface area contributed by atoms with Gasteiger partial charge in [0.15, 0.2) is 11.5 Å². The zero-order chi connectivity index (χ0) is 19.9. The molecule has 0 spiro atoms. The first-order valence-corrected chi connectivity index (χ1v) is 10.3. The maximum Gasteiger partial charge on any atom is 0.187 e. The number of rotatable bonds is 7. The van der Waals surface area contributed by atoms with Gasteiger partial charge < -0.3 is 4.74 Å². The fourth-order valence-electron chi connectivity index (χ4n) is 2.68. The summed E-state index contributed by atoms with van der Waals surface area (Å²) in [6, 6.07) is 21.6. The second-order valence-corrected chi connectivity index (χ2v) is 7.67. The van der Waals surface area contributed by atoms with Crippen molar-refractivity contribution in [1.29, 1.82) is 0 Å². The van der Waals surface area contributed by atoms with Crippen LogP contribution in [0.5, 0.6) is 5.75 Å². The van der Waals surface area contributed by atoms with Crippen LogP contribution >= 0.6 is 0 Å². The molecule has 0 aliphatic rings. The minimum absolute atomic E-state index is 0.00390. The third-order valence-corrected chi connectivity index (χ3v) is 5.18. The normalized spacial score (nSPS) is 11.4. The Morgan fingerprint density at radius 1 is 1.00 bits per heavy atom. The van der Waals surface area contributed by atoms with Gasteiger partial charge in [0.1, 0.15) is 12.4 Å². The van der Waals surface area contributed by atoms with E-state index < -0.39 is 10.8 Å². The van der Waals surface area contributed by atoms with Gasteiger partial charge in [-0.3, -0.25) is 9.00 Å². The van der Waals surface area contributed by atoms with Gasteiger partial charge in [-0.05, 0) is 35.4 Å². The molecular formula is C23H19NO3S. The highest BCUT2D eigenvalue weighted by Crippen LogP contribution is 2.19. The third kappa shape index (κ3) is 5.15. The molecule has 0 bridgehead atoms. The summed E-state index contributed by atoms with van der Waals surface area (Å²) in [5, 5.41) is 0. The molecule has 3 rings (SSSR count). The summed E-state index contributed by atoms with van der Waals surface area (Å²) in [5.74, 6) is 0.619. The summed E-state index contributed by atoms with van der Waals surface area (Å²) < 4.78 is 17.2. The average molecular weight is 389 g/mol. The van der Waals surface area contributed by atoms with Crippen molar-refractivity contribution in [2.24, 2.45) is 0 Å². The average Bonchev–Trinajstić information content (AvgIpc) is 2.73. The first kappa shape index (κ1) is 19.5. The molecule has 140 valence electrons. The molecule has 0 saturated heterocycles. The molecule has 0 aliphatic heterocycles. The van der Waals surface area contributed by atoms with E-state index in [1.807, 2.05) is 30.3 Å². The van der Waals surface area contributed by atoms with Gasteiger partial charge in [0, 0.05) is 33.9 Å². The van der Waals surface area contributed by atoms with E-state index in [2.05, 4.69) is 4.85 Å². The summed E-state index contributed by atoms with van der Waals surface area (Å²) >= 11 is 0. The maximum atomic E-state index is 12.6. The minimum atomic E-state index is -0.997. The SMILES string of the molecule is [C-]#[N+]c1ccc(CC(=O)c2cccc(OCc3ccc(S(C)=O)cc3)c2)cc1. The van der Waals surface area contributed by atoms with Crippen molar-refractivity contribution >= 4 is 22.3 Å². The van der Waals surface area contributed by atoms with E-state index in [0.717, 1.165) is 16.0 Å². The number of ketones is 1. The summed E-state index contributed by atoms with van der Waals surface area (Å²) in [5.41, 5.74) is 2.98. The van der Waals surface area contributed by atoms with Crippen LogP contribution in [0.3, 0.4) is 0 Å². The van der Waals surface area contributed by atoms with Crippen LogP contribution < -0.4 is 4.74 Å². The number of Topliss-reactive ketones (excluding diaryl/α,β-unsaturated/α-hetero) is 1. The molecule has 0 radical (unpaired) electrons. The number of carbonyl (C=O) groups is 1. The molecule has 0 amide bonds. The van der Waals surface area contributed by atoms with Crippen LogP contribution in [0.4, 0.5) is 5.69 Å². The Hall–Kier alpha value is -3.23. The van der Waals surface area contributed by atoms with E-state index in [9.17, 15) is 9.00 Å². The van der Waals surface area contributed by atoms with Crippen molar-refractivity contribution in [3.05, 3.63) is 101 Å². The largest absolute Gasteiger partial charge is 0.489 e. The van der Waals surface area contributed by atoms with E-state index in [1.54, 1.807) is 48.7 Å². The van der Waals surface area contributed by atoms with Crippen molar-refractivity contribution in [3.63, 3.8) is 0 Å². The summed E-state index contributed by atoms with van der Waals surface area (Å²) in [4.78, 5) is 16.7. The van der Waals surface area contributed by atoms with Gasteiger partial charge in [0.05, 0.1) is 6.57 Å². The minimum Gasteiger partial charge on any atom is -0.489 e. The molecule has 0 heterocycles. The molecule has 28 heavy (non-hydrogen) atoms. The van der Waals surface area contributed by atoms with E-state index in [1.165, 1.54) is 0 Å². The molecule has 0 N–H and O–H groups in total. The molecule has 5 heteroatoms. The highest BCUT2D eigenvalue weighted by atomic mass is 32.2. The third-order valence-electron chi connectivity index (χ3n) is 4.25. The lowest BCUT2D eigenvalue weighted by molar-refractivity contribution is 0.0992. The molecule has 0 aromatic heterocycles. The smallest absolute Gasteiger partial charge is 0.187 e. The molecule has 1 unspecified atom stereocenters. The fraction of sp³-hybridized carbons (Fsp3) is 0.130. The summed E-state index contributed by atoms with van der Waals surface area (Å²) in [7, 11) is -0.997. The summed E-state index contributed by atoms with van der Waals surface area (Å²) in [6.07, 6.45) is 1.92. The van der Waals surface area contributed by atoms with Crippen LogP contribution in [-0.2, 0) is 23.8 Å². The monoisotopic (exact) mass is 389 g/mol. The predicted molar refractivity (Wildman–Crippen MR) is 110 cm³/mol. The lowest BCUT2D eigenvalue weighted by atomic mass is 10.0. The number of hydrogen-bond acceptors (Lipinski definition) is 3. The first-order chi connectivity index (χ1) is 13.5. The lowest BCUT2D eigenvalue weighted by Crippen LogP contribution is -2.04. The van der Waals surface area contributed by atoms with E-state index in [0.29, 0.717) is 23.6 Å². The van der Waals surface area contributed by atoms with Gasteiger partial charge in [0.25, 0.3) is 0 Å². The van der Waals surface area contributed by atoms with E-state index >= 15 is 0 Å². The van der Waals surface area contributed by atoms with E-state index in [4.69, 9.17) is 11.3 Å². The topological polar surface area (TPSA) is 47.7 Å². The second kappa shape index (κ2) is 9.12.